The lowest BCUT2D eigenvalue weighted by molar-refractivity contribution is -0.0864. The molecule has 0 atom stereocenters. The molecule has 2 bridgehead atoms. The summed E-state index contributed by atoms with van der Waals surface area (Å²) in [6, 6.07) is 1.07. The third-order valence-electron chi connectivity index (χ3n) is 4.56. The minimum absolute atomic E-state index is 0.0367. The number of carbonyl (C=O) groups is 1. The zero-order chi connectivity index (χ0) is 14.1. The SMILES string of the molecule is O=C(O)c1cn(C23CC(C2)C3)c2ncc(F)cc2c1=O. The van der Waals surface area contributed by atoms with Gasteiger partial charge in [0.05, 0.1) is 11.6 Å². The van der Waals surface area contributed by atoms with Gasteiger partial charge in [-0.2, -0.15) is 0 Å². The van der Waals surface area contributed by atoms with Crippen molar-refractivity contribution in [2.45, 2.75) is 24.8 Å². The van der Waals surface area contributed by atoms with Crippen LogP contribution in [0.3, 0.4) is 0 Å². The molecule has 2 aromatic heterocycles. The summed E-state index contributed by atoms with van der Waals surface area (Å²) in [5, 5.41) is 9.20. The van der Waals surface area contributed by atoms with Crippen LogP contribution in [0.4, 0.5) is 4.39 Å². The van der Waals surface area contributed by atoms with Crippen LogP contribution in [-0.2, 0) is 5.54 Å². The van der Waals surface area contributed by atoms with Gasteiger partial charge < -0.3 is 9.67 Å². The maximum Gasteiger partial charge on any atom is 0.341 e. The van der Waals surface area contributed by atoms with Crippen LogP contribution >= 0.6 is 0 Å². The predicted molar refractivity (Wildman–Crippen MR) is 68.2 cm³/mol. The molecule has 20 heavy (non-hydrogen) atoms. The molecule has 0 spiro atoms. The second kappa shape index (κ2) is 3.45. The Kier molecular flexibility index (Phi) is 1.99. The highest BCUT2D eigenvalue weighted by molar-refractivity contribution is 5.91. The first-order valence-electron chi connectivity index (χ1n) is 6.45. The number of hydrogen-bond donors (Lipinski definition) is 1. The summed E-state index contributed by atoms with van der Waals surface area (Å²) in [4.78, 5) is 27.4. The maximum absolute atomic E-state index is 13.3. The molecule has 5 rings (SSSR count). The quantitative estimate of drug-likeness (QED) is 0.905. The summed E-state index contributed by atoms with van der Waals surface area (Å²) in [7, 11) is 0. The molecule has 102 valence electrons. The fraction of sp³-hybridized carbons (Fsp3) is 0.357. The standard InChI is InChI=1S/C14H11FN2O3/c15-8-1-9-11(18)10(13(19)20)6-17(12(9)16-5-8)14-2-7(3-14)4-14/h1,5-7H,2-4H2,(H,19,20). The van der Waals surface area contributed by atoms with Crippen LogP contribution in [0, 0.1) is 11.7 Å². The summed E-state index contributed by atoms with van der Waals surface area (Å²) in [6.07, 6.45) is 5.35. The van der Waals surface area contributed by atoms with Crippen molar-refractivity contribution in [3.05, 3.63) is 40.1 Å². The maximum atomic E-state index is 13.3. The zero-order valence-electron chi connectivity index (χ0n) is 10.5. The van der Waals surface area contributed by atoms with Gasteiger partial charge in [0.25, 0.3) is 0 Å². The average Bonchev–Trinajstić information content (AvgIpc) is 2.28. The molecule has 0 saturated heterocycles. The number of fused-ring (bicyclic) bond motifs is 1. The van der Waals surface area contributed by atoms with E-state index in [1.54, 1.807) is 4.57 Å². The minimum atomic E-state index is -1.29. The van der Waals surface area contributed by atoms with Crippen molar-refractivity contribution < 1.29 is 14.3 Å². The van der Waals surface area contributed by atoms with Gasteiger partial charge in [-0.1, -0.05) is 0 Å². The Hall–Kier alpha value is -2.24. The van der Waals surface area contributed by atoms with Crippen LogP contribution < -0.4 is 5.43 Å². The molecule has 5 nitrogen and oxygen atoms in total. The Morgan fingerprint density at radius 1 is 1.45 bits per heavy atom. The third-order valence-corrected chi connectivity index (χ3v) is 4.56. The van der Waals surface area contributed by atoms with Crippen molar-refractivity contribution in [3.63, 3.8) is 0 Å². The van der Waals surface area contributed by atoms with Crippen molar-refractivity contribution in [2.75, 3.05) is 0 Å². The molecule has 3 aliphatic rings. The largest absolute Gasteiger partial charge is 0.477 e. The second-order valence-corrected chi connectivity index (χ2v) is 5.77. The number of pyridine rings is 2. The zero-order valence-corrected chi connectivity index (χ0v) is 10.5. The first-order chi connectivity index (χ1) is 9.50. The number of aromatic nitrogens is 2. The number of nitrogens with zero attached hydrogens (tertiary/aromatic N) is 2. The summed E-state index contributed by atoms with van der Waals surface area (Å²) in [5.74, 6) is -1.24. The van der Waals surface area contributed by atoms with E-state index in [9.17, 15) is 14.0 Å². The van der Waals surface area contributed by atoms with E-state index < -0.39 is 17.2 Å². The fourth-order valence-corrected chi connectivity index (χ4v) is 3.43. The molecule has 2 heterocycles. The third kappa shape index (κ3) is 1.28. The van der Waals surface area contributed by atoms with Gasteiger partial charge in [0.15, 0.2) is 0 Å². The normalized spacial score (nSPS) is 26.9. The highest BCUT2D eigenvalue weighted by atomic mass is 19.1. The monoisotopic (exact) mass is 274 g/mol. The van der Waals surface area contributed by atoms with Crippen LogP contribution in [0.1, 0.15) is 29.6 Å². The Morgan fingerprint density at radius 3 is 2.70 bits per heavy atom. The Morgan fingerprint density at radius 2 is 2.15 bits per heavy atom. The molecule has 0 unspecified atom stereocenters. The van der Waals surface area contributed by atoms with Crippen LogP contribution in [0.2, 0.25) is 0 Å². The van der Waals surface area contributed by atoms with Gasteiger partial charge in [0, 0.05) is 11.7 Å². The van der Waals surface area contributed by atoms with Gasteiger partial charge in [-0.05, 0) is 31.2 Å². The predicted octanol–water partition coefficient (Wildman–Crippen LogP) is 1.74. The number of hydrogen-bond acceptors (Lipinski definition) is 3. The van der Waals surface area contributed by atoms with Gasteiger partial charge in [-0.15, -0.1) is 0 Å². The van der Waals surface area contributed by atoms with Gasteiger partial charge in [0.2, 0.25) is 5.43 Å². The van der Waals surface area contributed by atoms with E-state index in [1.165, 1.54) is 6.20 Å². The van der Waals surface area contributed by atoms with E-state index in [2.05, 4.69) is 4.98 Å². The Labute approximate surface area is 112 Å². The molecule has 0 aromatic carbocycles. The molecule has 2 aromatic rings. The molecule has 6 heteroatoms. The highest BCUT2D eigenvalue weighted by Gasteiger charge is 2.58. The smallest absolute Gasteiger partial charge is 0.341 e. The highest BCUT2D eigenvalue weighted by Crippen LogP contribution is 2.62. The van der Waals surface area contributed by atoms with Gasteiger partial charge >= 0.3 is 5.97 Å². The molecular formula is C14H11FN2O3. The van der Waals surface area contributed by atoms with Crippen LogP contribution in [0.15, 0.2) is 23.3 Å². The van der Waals surface area contributed by atoms with E-state index in [0.717, 1.165) is 31.5 Å². The lowest BCUT2D eigenvalue weighted by atomic mass is 9.49. The Balaban J connectivity index is 2.09. The molecule has 0 aliphatic heterocycles. The molecule has 0 amide bonds. The lowest BCUT2D eigenvalue weighted by Gasteiger charge is -2.62. The molecule has 3 fully saturated rings. The van der Waals surface area contributed by atoms with Crippen molar-refractivity contribution >= 4 is 17.0 Å². The minimum Gasteiger partial charge on any atom is -0.477 e. The summed E-state index contributed by atoms with van der Waals surface area (Å²) in [5.41, 5.74) is -0.748. The summed E-state index contributed by atoms with van der Waals surface area (Å²) in [6.45, 7) is 0. The molecule has 3 aliphatic carbocycles. The number of halogens is 1. The number of aromatic carboxylic acids is 1. The van der Waals surface area contributed by atoms with Gasteiger partial charge in [-0.3, -0.25) is 4.79 Å². The topological polar surface area (TPSA) is 72.2 Å². The van der Waals surface area contributed by atoms with E-state index in [4.69, 9.17) is 5.11 Å². The van der Waals surface area contributed by atoms with Crippen molar-refractivity contribution in [1.29, 1.82) is 0 Å². The summed E-state index contributed by atoms with van der Waals surface area (Å²) >= 11 is 0. The first kappa shape index (κ1) is 11.6. The average molecular weight is 274 g/mol. The second-order valence-electron chi connectivity index (χ2n) is 5.77. The Bertz CT molecular complexity index is 810. The molecule has 1 N–H and O–H groups in total. The number of carboxylic acid groups (broad SMARTS) is 1. The fourth-order valence-electron chi connectivity index (χ4n) is 3.43. The number of rotatable bonds is 2. The van der Waals surface area contributed by atoms with E-state index in [-0.39, 0.29) is 16.5 Å². The number of carboxylic acids is 1. The van der Waals surface area contributed by atoms with Crippen LogP contribution in [-0.4, -0.2) is 20.6 Å². The van der Waals surface area contributed by atoms with Gasteiger partial charge in [0.1, 0.15) is 17.0 Å². The molecule has 0 radical (unpaired) electrons. The van der Waals surface area contributed by atoms with E-state index in [1.807, 2.05) is 0 Å². The van der Waals surface area contributed by atoms with E-state index in [0.29, 0.717) is 11.6 Å². The van der Waals surface area contributed by atoms with Crippen LogP contribution in [0.5, 0.6) is 0 Å². The van der Waals surface area contributed by atoms with Crippen molar-refractivity contribution in [3.8, 4) is 0 Å². The van der Waals surface area contributed by atoms with E-state index >= 15 is 0 Å². The lowest BCUT2D eigenvalue weighted by Crippen LogP contribution is -2.59. The summed E-state index contributed by atoms with van der Waals surface area (Å²) < 4.78 is 15.1. The molecule has 3 saturated carbocycles. The van der Waals surface area contributed by atoms with Crippen molar-refractivity contribution in [1.82, 2.24) is 9.55 Å². The molecular weight excluding hydrogens is 263 g/mol. The van der Waals surface area contributed by atoms with Crippen molar-refractivity contribution in [2.24, 2.45) is 5.92 Å². The van der Waals surface area contributed by atoms with Gasteiger partial charge in [-0.25, -0.2) is 14.2 Å². The first-order valence-corrected chi connectivity index (χ1v) is 6.45. The van der Waals surface area contributed by atoms with Crippen LogP contribution in [0.25, 0.3) is 11.0 Å².